The number of rotatable bonds is 4. The Balaban J connectivity index is 1.67. The average Bonchev–Trinajstić information content (AvgIpc) is 3.18. The molecule has 0 fully saturated rings. The molecule has 3 aromatic heterocycles. The fourth-order valence-corrected chi connectivity index (χ4v) is 3.52. The molecule has 0 saturated heterocycles. The first kappa shape index (κ1) is 15.5. The second kappa shape index (κ2) is 6.14. The third kappa shape index (κ3) is 2.92. The first-order chi connectivity index (χ1) is 12.1. The highest BCUT2D eigenvalue weighted by atomic mass is 32.1. The predicted octanol–water partition coefficient (Wildman–Crippen LogP) is 4.71. The van der Waals surface area contributed by atoms with Gasteiger partial charge in [0.2, 0.25) is 0 Å². The summed E-state index contributed by atoms with van der Waals surface area (Å²) >= 11 is 1.53. The van der Waals surface area contributed by atoms with E-state index in [1.165, 1.54) is 11.3 Å². The highest BCUT2D eigenvalue weighted by Gasteiger charge is 2.14. The number of carbonyl (C=O) groups excluding carboxylic acids is 1. The van der Waals surface area contributed by atoms with Crippen molar-refractivity contribution < 1.29 is 4.79 Å². The number of fused-ring (bicyclic) bond motifs is 1. The van der Waals surface area contributed by atoms with Gasteiger partial charge in [-0.05, 0) is 38.1 Å². The second-order valence-electron chi connectivity index (χ2n) is 5.77. The summed E-state index contributed by atoms with van der Waals surface area (Å²) in [5.74, 6) is 0.0461. The Morgan fingerprint density at radius 3 is 2.88 bits per heavy atom. The minimum absolute atomic E-state index is 0.0461. The van der Waals surface area contributed by atoms with Crippen molar-refractivity contribution in [2.45, 2.75) is 13.8 Å². The van der Waals surface area contributed by atoms with Gasteiger partial charge in [-0.25, -0.2) is 9.97 Å². The SMILES string of the molecule is CC(=O)c1cccc(Nc2nc(-c3c(C)nc4ccccn34)cs2)c1. The molecule has 0 aliphatic heterocycles. The lowest BCUT2D eigenvalue weighted by molar-refractivity contribution is 0.101. The molecule has 0 atom stereocenters. The zero-order valence-electron chi connectivity index (χ0n) is 13.9. The fourth-order valence-electron chi connectivity index (χ4n) is 2.80. The summed E-state index contributed by atoms with van der Waals surface area (Å²) in [6, 6.07) is 13.4. The van der Waals surface area contributed by atoms with E-state index in [2.05, 4.69) is 10.3 Å². The summed E-state index contributed by atoms with van der Waals surface area (Å²) in [6.07, 6.45) is 1.99. The normalized spacial score (nSPS) is 11.0. The van der Waals surface area contributed by atoms with Crippen LogP contribution >= 0.6 is 11.3 Å². The molecule has 3 heterocycles. The fraction of sp³-hybridized carbons (Fsp3) is 0.105. The molecule has 0 aliphatic carbocycles. The molecule has 0 spiro atoms. The molecule has 6 heteroatoms. The highest BCUT2D eigenvalue weighted by Crippen LogP contribution is 2.30. The van der Waals surface area contributed by atoms with Crippen LogP contribution in [0.2, 0.25) is 0 Å². The summed E-state index contributed by atoms with van der Waals surface area (Å²) in [6.45, 7) is 3.55. The van der Waals surface area contributed by atoms with Crippen LogP contribution in [0.1, 0.15) is 23.0 Å². The van der Waals surface area contributed by atoms with E-state index in [4.69, 9.17) is 4.98 Å². The molecule has 0 aliphatic rings. The number of nitrogens with one attached hydrogen (secondary N) is 1. The standard InChI is InChI=1S/C19H16N4OS/c1-12-18(23-9-4-3-8-17(23)20-12)16-11-25-19(22-16)21-15-7-5-6-14(10-15)13(2)24/h3-11H,1-2H3,(H,21,22). The Morgan fingerprint density at radius 1 is 1.16 bits per heavy atom. The third-order valence-electron chi connectivity index (χ3n) is 3.97. The van der Waals surface area contributed by atoms with Crippen molar-refractivity contribution in [1.29, 1.82) is 0 Å². The number of thiazole rings is 1. The van der Waals surface area contributed by atoms with Crippen LogP contribution < -0.4 is 5.32 Å². The van der Waals surface area contributed by atoms with Crippen LogP contribution in [0, 0.1) is 6.92 Å². The molecule has 4 rings (SSSR count). The number of aromatic nitrogens is 3. The van der Waals surface area contributed by atoms with Crippen molar-refractivity contribution in [2.75, 3.05) is 5.32 Å². The van der Waals surface area contributed by atoms with Gasteiger partial charge < -0.3 is 5.32 Å². The van der Waals surface area contributed by atoms with Gasteiger partial charge in [0, 0.05) is 22.8 Å². The van der Waals surface area contributed by atoms with Crippen molar-refractivity contribution in [2.24, 2.45) is 0 Å². The van der Waals surface area contributed by atoms with Crippen LogP contribution in [0.15, 0.2) is 54.0 Å². The van der Waals surface area contributed by atoms with Gasteiger partial charge in [0.1, 0.15) is 11.3 Å². The Morgan fingerprint density at radius 2 is 2.04 bits per heavy atom. The number of pyridine rings is 1. The number of benzene rings is 1. The minimum Gasteiger partial charge on any atom is -0.332 e. The topological polar surface area (TPSA) is 59.3 Å². The number of Topliss-reactive ketones (excluding diaryl/α,β-unsaturated/α-hetero) is 1. The lowest BCUT2D eigenvalue weighted by Gasteiger charge is -2.04. The molecule has 0 bridgehead atoms. The third-order valence-corrected chi connectivity index (χ3v) is 4.73. The van der Waals surface area contributed by atoms with E-state index in [9.17, 15) is 4.79 Å². The van der Waals surface area contributed by atoms with Crippen molar-refractivity contribution in [3.63, 3.8) is 0 Å². The number of nitrogens with zero attached hydrogens (tertiary/aromatic N) is 3. The van der Waals surface area contributed by atoms with Gasteiger partial charge >= 0.3 is 0 Å². The Labute approximate surface area is 149 Å². The van der Waals surface area contributed by atoms with Crippen LogP contribution in [-0.2, 0) is 0 Å². The van der Waals surface area contributed by atoms with Crippen molar-refractivity contribution in [3.8, 4) is 11.4 Å². The Hall–Kier alpha value is -2.99. The molecule has 0 amide bonds. The number of imidazole rings is 1. The lowest BCUT2D eigenvalue weighted by atomic mass is 10.1. The predicted molar refractivity (Wildman–Crippen MR) is 101 cm³/mol. The van der Waals surface area contributed by atoms with Crippen molar-refractivity contribution >= 4 is 33.6 Å². The van der Waals surface area contributed by atoms with E-state index in [0.29, 0.717) is 5.56 Å². The molecule has 0 saturated carbocycles. The van der Waals surface area contributed by atoms with E-state index < -0.39 is 0 Å². The molecule has 4 aromatic rings. The summed E-state index contributed by atoms with van der Waals surface area (Å²) in [5, 5.41) is 6.07. The number of hydrogen-bond donors (Lipinski definition) is 1. The molecular formula is C19H16N4OS. The molecule has 5 nitrogen and oxygen atoms in total. The van der Waals surface area contributed by atoms with Crippen molar-refractivity contribution in [1.82, 2.24) is 14.4 Å². The zero-order chi connectivity index (χ0) is 17.4. The maximum absolute atomic E-state index is 11.5. The average molecular weight is 348 g/mol. The first-order valence-corrected chi connectivity index (χ1v) is 8.77. The number of carbonyl (C=O) groups is 1. The van der Waals surface area contributed by atoms with Gasteiger partial charge in [-0.15, -0.1) is 11.3 Å². The number of aryl methyl sites for hydroxylation is 1. The monoisotopic (exact) mass is 348 g/mol. The van der Waals surface area contributed by atoms with Crippen LogP contribution in [-0.4, -0.2) is 20.2 Å². The molecule has 1 N–H and O–H groups in total. The van der Waals surface area contributed by atoms with E-state index in [0.717, 1.165) is 33.5 Å². The molecule has 124 valence electrons. The molecular weight excluding hydrogens is 332 g/mol. The van der Waals surface area contributed by atoms with Gasteiger partial charge in [-0.1, -0.05) is 18.2 Å². The van der Waals surface area contributed by atoms with Crippen LogP contribution in [0.25, 0.3) is 17.0 Å². The molecule has 1 aromatic carbocycles. The Bertz CT molecular complexity index is 1080. The van der Waals surface area contributed by atoms with E-state index in [1.54, 1.807) is 6.92 Å². The number of hydrogen-bond acceptors (Lipinski definition) is 5. The van der Waals surface area contributed by atoms with E-state index >= 15 is 0 Å². The maximum Gasteiger partial charge on any atom is 0.187 e. The Kier molecular flexibility index (Phi) is 3.82. The first-order valence-electron chi connectivity index (χ1n) is 7.89. The van der Waals surface area contributed by atoms with Gasteiger partial charge in [0.25, 0.3) is 0 Å². The summed E-state index contributed by atoms with van der Waals surface area (Å²) in [4.78, 5) is 20.8. The zero-order valence-corrected chi connectivity index (χ0v) is 14.7. The maximum atomic E-state index is 11.5. The molecule has 0 radical (unpaired) electrons. The summed E-state index contributed by atoms with van der Waals surface area (Å²) < 4.78 is 2.05. The summed E-state index contributed by atoms with van der Waals surface area (Å²) in [5.41, 5.74) is 5.26. The summed E-state index contributed by atoms with van der Waals surface area (Å²) in [7, 11) is 0. The highest BCUT2D eigenvalue weighted by molar-refractivity contribution is 7.14. The lowest BCUT2D eigenvalue weighted by Crippen LogP contribution is -1.95. The van der Waals surface area contributed by atoms with E-state index in [-0.39, 0.29) is 5.78 Å². The minimum atomic E-state index is 0.0461. The number of anilines is 2. The van der Waals surface area contributed by atoms with Crippen LogP contribution in [0.4, 0.5) is 10.8 Å². The van der Waals surface area contributed by atoms with Crippen LogP contribution in [0.5, 0.6) is 0 Å². The van der Waals surface area contributed by atoms with Crippen molar-refractivity contribution in [3.05, 3.63) is 65.3 Å². The van der Waals surface area contributed by atoms with E-state index in [1.807, 2.05) is 65.4 Å². The second-order valence-corrected chi connectivity index (χ2v) is 6.63. The van der Waals surface area contributed by atoms with Gasteiger partial charge in [0.05, 0.1) is 11.4 Å². The molecule has 0 unspecified atom stereocenters. The smallest absolute Gasteiger partial charge is 0.187 e. The largest absolute Gasteiger partial charge is 0.332 e. The van der Waals surface area contributed by atoms with Gasteiger partial charge in [0.15, 0.2) is 10.9 Å². The quantitative estimate of drug-likeness (QED) is 0.543. The molecule has 25 heavy (non-hydrogen) atoms. The van der Waals surface area contributed by atoms with Gasteiger partial charge in [-0.3, -0.25) is 9.20 Å². The van der Waals surface area contributed by atoms with Gasteiger partial charge in [-0.2, -0.15) is 0 Å². The van der Waals surface area contributed by atoms with Crippen LogP contribution in [0.3, 0.4) is 0 Å². The number of ketones is 1.